The molecule has 0 aromatic carbocycles. The quantitative estimate of drug-likeness (QED) is 0.635. The highest BCUT2D eigenvalue weighted by Gasteiger charge is 2.38. The summed E-state index contributed by atoms with van der Waals surface area (Å²) < 4.78 is 11.4. The van der Waals surface area contributed by atoms with Crippen molar-refractivity contribution < 1.29 is 8.85 Å². The van der Waals surface area contributed by atoms with Crippen molar-refractivity contribution in [3.8, 4) is 0 Å². The first-order chi connectivity index (χ1) is 6.39. The third-order valence-corrected chi connectivity index (χ3v) is 6.66. The fraction of sp³-hybridized carbons (Fsp3) is 1.00. The Morgan fingerprint density at radius 1 is 1.07 bits per heavy atom. The van der Waals surface area contributed by atoms with Crippen molar-refractivity contribution in [2.24, 2.45) is 5.41 Å². The largest absolute Gasteiger partial charge is 0.398 e. The average Bonchev–Trinajstić information content (AvgIpc) is 2.10. The summed E-state index contributed by atoms with van der Waals surface area (Å²) >= 11 is 0. The molecule has 0 heterocycles. The minimum Gasteiger partial charge on any atom is -0.398 e. The Morgan fingerprint density at radius 3 is 1.86 bits per heavy atom. The van der Waals surface area contributed by atoms with Crippen LogP contribution < -0.4 is 0 Å². The second-order valence-electron chi connectivity index (χ2n) is 5.16. The first kappa shape index (κ1) is 14.1. The van der Waals surface area contributed by atoms with Gasteiger partial charge in [-0.05, 0) is 17.5 Å². The Labute approximate surface area is 90.2 Å². The standard InChI is InChI=1S/C11H26O2Si/c1-7-8-9-14(12-5,13-6)10-11(2,3)4/h7-10H2,1-6H3. The molecule has 0 spiro atoms. The van der Waals surface area contributed by atoms with E-state index in [1.54, 1.807) is 14.2 Å². The third kappa shape index (κ3) is 5.13. The zero-order valence-electron chi connectivity index (χ0n) is 10.6. The molecule has 0 saturated carbocycles. The molecule has 0 radical (unpaired) electrons. The summed E-state index contributed by atoms with van der Waals surface area (Å²) in [4.78, 5) is 0. The zero-order valence-corrected chi connectivity index (χ0v) is 11.6. The molecular formula is C11H26O2Si. The first-order valence-electron chi connectivity index (χ1n) is 5.49. The lowest BCUT2D eigenvalue weighted by atomic mass is 10.0. The lowest BCUT2D eigenvalue weighted by Crippen LogP contribution is -2.43. The van der Waals surface area contributed by atoms with Crippen molar-refractivity contribution >= 4 is 8.56 Å². The van der Waals surface area contributed by atoms with E-state index in [1.165, 1.54) is 12.8 Å². The van der Waals surface area contributed by atoms with Gasteiger partial charge in [0.05, 0.1) is 0 Å². The Hall–Kier alpha value is 0.137. The van der Waals surface area contributed by atoms with E-state index in [9.17, 15) is 0 Å². The van der Waals surface area contributed by atoms with Gasteiger partial charge >= 0.3 is 8.56 Å². The van der Waals surface area contributed by atoms with Crippen LogP contribution in [0.1, 0.15) is 40.5 Å². The summed E-state index contributed by atoms with van der Waals surface area (Å²) in [5, 5.41) is 0. The van der Waals surface area contributed by atoms with Crippen molar-refractivity contribution in [2.75, 3.05) is 14.2 Å². The van der Waals surface area contributed by atoms with E-state index in [0.29, 0.717) is 5.41 Å². The fourth-order valence-corrected chi connectivity index (χ4v) is 5.32. The second kappa shape index (κ2) is 5.88. The summed E-state index contributed by atoms with van der Waals surface area (Å²) in [6, 6.07) is 2.20. The molecule has 0 amide bonds. The topological polar surface area (TPSA) is 18.5 Å². The second-order valence-corrected chi connectivity index (χ2v) is 8.65. The van der Waals surface area contributed by atoms with Crippen LogP contribution in [-0.4, -0.2) is 22.8 Å². The molecule has 0 saturated heterocycles. The molecule has 86 valence electrons. The van der Waals surface area contributed by atoms with E-state index in [0.717, 1.165) is 12.1 Å². The predicted molar refractivity (Wildman–Crippen MR) is 63.7 cm³/mol. The van der Waals surface area contributed by atoms with Crippen LogP contribution >= 0.6 is 0 Å². The van der Waals surface area contributed by atoms with E-state index >= 15 is 0 Å². The van der Waals surface area contributed by atoms with Crippen molar-refractivity contribution in [3.63, 3.8) is 0 Å². The Morgan fingerprint density at radius 2 is 1.57 bits per heavy atom. The van der Waals surface area contributed by atoms with Crippen LogP contribution in [0.25, 0.3) is 0 Å². The molecule has 0 aliphatic carbocycles. The van der Waals surface area contributed by atoms with E-state index in [-0.39, 0.29) is 0 Å². The van der Waals surface area contributed by atoms with Crippen LogP contribution in [-0.2, 0) is 8.85 Å². The lowest BCUT2D eigenvalue weighted by molar-refractivity contribution is 0.223. The van der Waals surface area contributed by atoms with Crippen LogP contribution in [0.2, 0.25) is 12.1 Å². The van der Waals surface area contributed by atoms with Crippen LogP contribution in [0.3, 0.4) is 0 Å². The van der Waals surface area contributed by atoms with Crippen molar-refractivity contribution in [3.05, 3.63) is 0 Å². The van der Waals surface area contributed by atoms with Crippen LogP contribution in [0.5, 0.6) is 0 Å². The maximum atomic E-state index is 5.68. The van der Waals surface area contributed by atoms with Gasteiger partial charge in [-0.3, -0.25) is 0 Å². The molecular weight excluding hydrogens is 192 g/mol. The van der Waals surface area contributed by atoms with Crippen LogP contribution in [0.4, 0.5) is 0 Å². The van der Waals surface area contributed by atoms with Gasteiger partial charge in [-0.25, -0.2) is 0 Å². The lowest BCUT2D eigenvalue weighted by Gasteiger charge is -2.33. The molecule has 0 fully saturated rings. The summed E-state index contributed by atoms with van der Waals surface area (Å²) in [5.74, 6) is 0. The highest BCUT2D eigenvalue weighted by molar-refractivity contribution is 6.67. The highest BCUT2D eigenvalue weighted by atomic mass is 28.4. The molecule has 0 N–H and O–H groups in total. The monoisotopic (exact) mass is 218 g/mol. The molecule has 2 nitrogen and oxygen atoms in total. The molecule has 0 aromatic heterocycles. The molecule has 0 unspecified atom stereocenters. The maximum absolute atomic E-state index is 5.68. The van der Waals surface area contributed by atoms with Crippen LogP contribution in [0.15, 0.2) is 0 Å². The Kier molecular flexibility index (Phi) is 5.94. The fourth-order valence-electron chi connectivity index (χ4n) is 1.77. The van der Waals surface area contributed by atoms with Gasteiger partial charge in [0.15, 0.2) is 0 Å². The van der Waals surface area contributed by atoms with Gasteiger partial charge in [0.1, 0.15) is 0 Å². The van der Waals surface area contributed by atoms with Crippen molar-refractivity contribution in [2.45, 2.75) is 52.6 Å². The average molecular weight is 218 g/mol. The van der Waals surface area contributed by atoms with Gasteiger partial charge in [-0.15, -0.1) is 0 Å². The molecule has 0 aromatic rings. The summed E-state index contributed by atoms with van der Waals surface area (Å²) in [5.41, 5.74) is 0.298. The molecule has 0 aliphatic heterocycles. The molecule has 0 aliphatic rings. The molecule has 0 rings (SSSR count). The maximum Gasteiger partial charge on any atom is 0.338 e. The van der Waals surface area contributed by atoms with E-state index in [1.807, 2.05) is 0 Å². The summed E-state index contributed by atoms with van der Waals surface area (Å²) in [6.07, 6.45) is 2.43. The van der Waals surface area contributed by atoms with Gasteiger partial charge in [0.2, 0.25) is 0 Å². The van der Waals surface area contributed by atoms with Crippen molar-refractivity contribution in [1.82, 2.24) is 0 Å². The molecule has 0 bridgehead atoms. The predicted octanol–water partition coefficient (Wildman–Crippen LogP) is 3.57. The molecule has 14 heavy (non-hydrogen) atoms. The Balaban J connectivity index is 4.36. The minimum absolute atomic E-state index is 0.298. The normalized spacial score (nSPS) is 13.3. The van der Waals surface area contributed by atoms with Gasteiger partial charge in [-0.2, -0.15) is 0 Å². The van der Waals surface area contributed by atoms with Crippen molar-refractivity contribution in [1.29, 1.82) is 0 Å². The SMILES string of the molecule is CCCC[Si](CC(C)(C)C)(OC)OC. The van der Waals surface area contributed by atoms with Crippen LogP contribution in [0, 0.1) is 5.41 Å². The highest BCUT2D eigenvalue weighted by Crippen LogP contribution is 2.32. The number of hydrogen-bond donors (Lipinski definition) is 0. The number of unbranched alkanes of at least 4 members (excludes halogenated alkanes) is 1. The third-order valence-electron chi connectivity index (χ3n) is 2.45. The summed E-state index contributed by atoms with van der Waals surface area (Å²) in [7, 11) is 1.71. The van der Waals surface area contributed by atoms with Gasteiger partial charge < -0.3 is 8.85 Å². The minimum atomic E-state index is -1.90. The van der Waals surface area contributed by atoms with E-state index < -0.39 is 8.56 Å². The smallest absolute Gasteiger partial charge is 0.338 e. The summed E-state index contributed by atoms with van der Waals surface area (Å²) in [6.45, 7) is 8.96. The number of hydrogen-bond acceptors (Lipinski definition) is 2. The van der Waals surface area contributed by atoms with Gasteiger partial charge in [0.25, 0.3) is 0 Å². The zero-order chi connectivity index (χ0) is 11.2. The van der Waals surface area contributed by atoms with Gasteiger partial charge in [-0.1, -0.05) is 40.5 Å². The van der Waals surface area contributed by atoms with E-state index in [2.05, 4.69) is 27.7 Å². The molecule has 0 atom stereocenters. The van der Waals surface area contributed by atoms with E-state index in [4.69, 9.17) is 8.85 Å². The first-order valence-corrected chi connectivity index (χ1v) is 7.72. The van der Waals surface area contributed by atoms with Gasteiger partial charge in [0, 0.05) is 14.2 Å². The Bertz CT molecular complexity index is 148. The molecule has 3 heteroatoms. The number of rotatable bonds is 6.